The van der Waals surface area contributed by atoms with Crippen LogP contribution in [-0.4, -0.2) is 60.2 Å². The zero-order chi connectivity index (χ0) is 17.7. The van der Waals surface area contributed by atoms with Crippen LogP contribution >= 0.6 is 0 Å². The highest BCUT2D eigenvalue weighted by Gasteiger charge is 2.46. The highest BCUT2D eigenvalue weighted by molar-refractivity contribution is 5.84. The molecule has 0 aromatic heterocycles. The summed E-state index contributed by atoms with van der Waals surface area (Å²) in [6.45, 7) is 0.262. The maximum absolute atomic E-state index is 12.3. The van der Waals surface area contributed by atoms with E-state index in [1.54, 1.807) is 6.07 Å². The predicted molar refractivity (Wildman–Crippen MR) is 84.7 cm³/mol. The van der Waals surface area contributed by atoms with Crippen LogP contribution in [0.2, 0.25) is 0 Å². The summed E-state index contributed by atoms with van der Waals surface area (Å²) in [6.07, 6.45) is 0.313. The number of benzene rings is 1. The van der Waals surface area contributed by atoms with Crippen molar-refractivity contribution in [1.82, 2.24) is 4.90 Å². The number of carboxylic acid groups (broad SMARTS) is 1. The van der Waals surface area contributed by atoms with Gasteiger partial charge in [-0.1, -0.05) is 12.1 Å². The number of carboxylic acids is 1. The first-order valence-corrected chi connectivity index (χ1v) is 7.37. The second-order valence-corrected chi connectivity index (χ2v) is 5.71. The minimum absolute atomic E-state index is 0.0314. The van der Waals surface area contributed by atoms with E-state index >= 15 is 0 Å². The van der Waals surface area contributed by atoms with Crippen LogP contribution < -0.4 is 5.32 Å². The zero-order valence-corrected chi connectivity index (χ0v) is 13.2. The Morgan fingerprint density at radius 1 is 1.46 bits per heavy atom. The van der Waals surface area contributed by atoms with Gasteiger partial charge in [0.2, 0.25) is 5.91 Å². The molecule has 0 bridgehead atoms. The Balaban J connectivity index is 1.99. The number of rotatable bonds is 7. The number of nitrogens with one attached hydrogen (secondary N) is 1. The second kappa shape index (κ2) is 7.26. The topological polar surface area (TPSA) is 122 Å². The summed E-state index contributed by atoms with van der Waals surface area (Å²) in [5.41, 5.74) is -0.967. The Bertz CT molecular complexity index is 650. The molecule has 0 saturated carbocycles. The smallest absolute Gasteiger partial charge is 0.313 e. The number of methoxy groups -OCH3 is 1. The molecule has 9 nitrogen and oxygen atoms in total. The van der Waals surface area contributed by atoms with Crippen LogP contribution in [0, 0.1) is 15.5 Å². The summed E-state index contributed by atoms with van der Waals surface area (Å²) >= 11 is 0. The van der Waals surface area contributed by atoms with Crippen molar-refractivity contribution in [3.05, 3.63) is 34.4 Å². The van der Waals surface area contributed by atoms with Gasteiger partial charge in [-0.15, -0.1) is 0 Å². The van der Waals surface area contributed by atoms with Gasteiger partial charge < -0.3 is 20.1 Å². The van der Waals surface area contributed by atoms with Gasteiger partial charge in [0.05, 0.1) is 18.1 Å². The third-order valence-corrected chi connectivity index (χ3v) is 4.11. The van der Waals surface area contributed by atoms with E-state index in [0.717, 1.165) is 0 Å². The lowest BCUT2D eigenvalue weighted by atomic mass is 9.88. The number of ether oxygens (including phenoxy) is 1. The molecule has 1 aliphatic heterocycles. The molecule has 0 radical (unpaired) electrons. The number of amides is 1. The van der Waals surface area contributed by atoms with Gasteiger partial charge in [0.25, 0.3) is 5.69 Å². The first-order chi connectivity index (χ1) is 11.4. The highest BCUT2D eigenvalue weighted by Crippen LogP contribution is 2.31. The number of hydrogen-bond acceptors (Lipinski definition) is 6. The second-order valence-electron chi connectivity index (χ2n) is 5.71. The minimum atomic E-state index is -1.09. The SMILES string of the molecule is COCC1(C(=O)O)CCN(C(=O)CNc2ccccc2[N+](=O)[O-])C1. The van der Waals surface area contributed by atoms with Gasteiger partial charge >= 0.3 is 5.97 Å². The van der Waals surface area contributed by atoms with Crippen molar-refractivity contribution in [1.29, 1.82) is 0 Å². The highest BCUT2D eigenvalue weighted by atomic mass is 16.6. The van der Waals surface area contributed by atoms with Crippen molar-refractivity contribution in [2.75, 3.05) is 38.7 Å². The average Bonchev–Trinajstić information content (AvgIpc) is 2.99. The van der Waals surface area contributed by atoms with Gasteiger partial charge in [0.15, 0.2) is 0 Å². The van der Waals surface area contributed by atoms with Crippen molar-refractivity contribution in [2.45, 2.75) is 6.42 Å². The van der Waals surface area contributed by atoms with Crippen LogP contribution in [0.15, 0.2) is 24.3 Å². The molecule has 2 rings (SSSR count). The number of likely N-dealkylation sites (tertiary alicyclic amines) is 1. The lowest BCUT2D eigenvalue weighted by Gasteiger charge is -2.24. The molecule has 24 heavy (non-hydrogen) atoms. The van der Waals surface area contributed by atoms with E-state index < -0.39 is 16.3 Å². The molecular weight excluding hydrogens is 318 g/mol. The van der Waals surface area contributed by atoms with Gasteiger partial charge in [-0.25, -0.2) is 0 Å². The fourth-order valence-electron chi connectivity index (χ4n) is 2.78. The van der Waals surface area contributed by atoms with Gasteiger partial charge in [0.1, 0.15) is 11.1 Å². The van der Waals surface area contributed by atoms with Crippen LogP contribution in [-0.2, 0) is 14.3 Å². The molecule has 0 spiro atoms. The normalized spacial score (nSPS) is 20.0. The molecule has 1 unspecified atom stereocenters. The molecule has 9 heteroatoms. The Morgan fingerprint density at radius 2 is 2.17 bits per heavy atom. The number of aliphatic carboxylic acids is 1. The van der Waals surface area contributed by atoms with E-state index in [1.807, 2.05) is 0 Å². The quantitative estimate of drug-likeness (QED) is 0.561. The van der Waals surface area contributed by atoms with Gasteiger partial charge in [-0.3, -0.25) is 19.7 Å². The number of nitro groups is 1. The van der Waals surface area contributed by atoms with E-state index in [9.17, 15) is 24.8 Å². The summed E-state index contributed by atoms with van der Waals surface area (Å²) in [4.78, 5) is 35.6. The number of para-hydroxylation sites is 2. The van der Waals surface area contributed by atoms with Gasteiger partial charge in [0, 0.05) is 26.3 Å². The first-order valence-electron chi connectivity index (χ1n) is 7.37. The van der Waals surface area contributed by atoms with E-state index in [-0.39, 0.29) is 37.0 Å². The third kappa shape index (κ3) is 3.62. The number of nitrogens with zero attached hydrogens (tertiary/aromatic N) is 2. The molecule has 1 aliphatic rings. The predicted octanol–water partition coefficient (Wildman–Crippen LogP) is 0.956. The summed E-state index contributed by atoms with van der Waals surface area (Å²) < 4.78 is 4.98. The van der Waals surface area contributed by atoms with Crippen molar-refractivity contribution in [3.8, 4) is 0 Å². The van der Waals surface area contributed by atoms with Crippen LogP contribution in [0.3, 0.4) is 0 Å². The molecule has 1 heterocycles. The van der Waals surface area contributed by atoms with Crippen molar-refractivity contribution >= 4 is 23.3 Å². The maximum atomic E-state index is 12.3. The van der Waals surface area contributed by atoms with Gasteiger partial charge in [-0.2, -0.15) is 0 Å². The van der Waals surface area contributed by atoms with Crippen LogP contribution in [0.1, 0.15) is 6.42 Å². The molecule has 1 atom stereocenters. The number of hydrogen-bond donors (Lipinski definition) is 2. The minimum Gasteiger partial charge on any atom is -0.481 e. The van der Waals surface area contributed by atoms with Crippen LogP contribution in [0.25, 0.3) is 0 Å². The maximum Gasteiger partial charge on any atom is 0.313 e. The van der Waals surface area contributed by atoms with Crippen molar-refractivity contribution < 1.29 is 24.4 Å². The van der Waals surface area contributed by atoms with E-state index in [2.05, 4.69) is 5.32 Å². The van der Waals surface area contributed by atoms with Gasteiger partial charge in [-0.05, 0) is 12.5 Å². The summed E-state index contributed by atoms with van der Waals surface area (Å²) in [6, 6.07) is 6.03. The molecule has 1 amide bonds. The molecule has 2 N–H and O–H groups in total. The molecule has 1 fully saturated rings. The Morgan fingerprint density at radius 3 is 2.79 bits per heavy atom. The number of anilines is 1. The summed E-state index contributed by atoms with van der Waals surface area (Å²) in [5, 5.41) is 23.1. The lowest BCUT2D eigenvalue weighted by Crippen LogP contribution is -2.41. The summed E-state index contributed by atoms with van der Waals surface area (Å²) in [5.74, 6) is -1.31. The standard InChI is InChI=1S/C15H19N3O6/c1-24-10-15(14(20)21)6-7-17(9-15)13(19)8-16-11-4-2-3-5-12(11)18(22)23/h2-5,16H,6-10H2,1H3,(H,20,21). The average molecular weight is 337 g/mol. The molecule has 1 aromatic carbocycles. The molecule has 130 valence electrons. The van der Waals surface area contributed by atoms with E-state index in [0.29, 0.717) is 13.0 Å². The number of carbonyl (C=O) groups excluding carboxylic acids is 1. The Labute approximate surface area is 138 Å². The monoisotopic (exact) mass is 337 g/mol. The fraction of sp³-hybridized carbons (Fsp3) is 0.467. The Kier molecular flexibility index (Phi) is 5.35. The Hall–Kier alpha value is -2.68. The molecule has 1 saturated heterocycles. The molecule has 0 aliphatic carbocycles. The third-order valence-electron chi connectivity index (χ3n) is 4.11. The van der Waals surface area contributed by atoms with E-state index in [1.165, 1.54) is 30.2 Å². The lowest BCUT2D eigenvalue weighted by molar-refractivity contribution is -0.383. The van der Waals surface area contributed by atoms with Crippen molar-refractivity contribution in [2.24, 2.45) is 5.41 Å². The van der Waals surface area contributed by atoms with Crippen molar-refractivity contribution in [3.63, 3.8) is 0 Å². The number of nitro benzene ring substituents is 1. The fourth-order valence-corrected chi connectivity index (χ4v) is 2.78. The molecule has 1 aromatic rings. The van der Waals surface area contributed by atoms with Crippen LogP contribution in [0.4, 0.5) is 11.4 Å². The van der Waals surface area contributed by atoms with E-state index in [4.69, 9.17) is 4.74 Å². The molecular formula is C15H19N3O6. The number of carbonyl (C=O) groups is 2. The van der Waals surface area contributed by atoms with Crippen LogP contribution in [0.5, 0.6) is 0 Å². The zero-order valence-electron chi connectivity index (χ0n) is 13.2. The summed E-state index contributed by atoms with van der Waals surface area (Å²) in [7, 11) is 1.42. The first kappa shape index (κ1) is 17.7. The largest absolute Gasteiger partial charge is 0.481 e.